The minimum atomic E-state index is -5.11. The van der Waals surface area contributed by atoms with Crippen LogP contribution < -0.4 is 9.80 Å². The minimum Gasteiger partial charge on any atom is -0.446 e. The summed E-state index contributed by atoms with van der Waals surface area (Å²) in [6.45, 7) is 3.60. The van der Waals surface area contributed by atoms with Crippen LogP contribution in [-0.4, -0.2) is 38.9 Å². The van der Waals surface area contributed by atoms with Gasteiger partial charge < -0.3 is 9.64 Å². The quantitative estimate of drug-likeness (QED) is 0.270. The van der Waals surface area contributed by atoms with Crippen LogP contribution in [0.25, 0.3) is 0 Å². The molecule has 3 aromatic rings. The number of rotatable bonds is 5. The van der Waals surface area contributed by atoms with Crippen LogP contribution in [0, 0.1) is 6.92 Å². The van der Waals surface area contributed by atoms with Crippen LogP contribution in [0.3, 0.4) is 0 Å². The Hall–Kier alpha value is -4.05. The number of alkyl halides is 9. The Balaban J connectivity index is 1.93. The van der Waals surface area contributed by atoms with Gasteiger partial charge in [0, 0.05) is 13.1 Å². The first-order chi connectivity index (χ1) is 20.3. The van der Waals surface area contributed by atoms with E-state index in [1.54, 1.807) is 13.8 Å². The van der Waals surface area contributed by atoms with Crippen molar-refractivity contribution in [3.05, 3.63) is 63.7 Å². The first-order valence-corrected chi connectivity index (χ1v) is 13.2. The van der Waals surface area contributed by atoms with Crippen molar-refractivity contribution in [3.63, 3.8) is 0 Å². The summed E-state index contributed by atoms with van der Waals surface area (Å²) < 4.78 is 129. The summed E-state index contributed by atoms with van der Waals surface area (Å²) in [5, 5.41) is 11.7. The Bertz CT molecular complexity index is 1480. The second-order valence-electron chi connectivity index (χ2n) is 10.5. The van der Waals surface area contributed by atoms with Crippen molar-refractivity contribution < 1.29 is 49.0 Å². The second-order valence-corrected chi connectivity index (χ2v) is 10.5. The van der Waals surface area contributed by atoms with E-state index in [0.717, 1.165) is 21.8 Å². The molecule has 8 nitrogen and oxygen atoms in total. The van der Waals surface area contributed by atoms with E-state index in [1.165, 1.54) is 18.9 Å². The number of nitrogens with zero attached hydrogens (tertiary/aromatic N) is 6. The molecule has 0 aliphatic carbocycles. The molecule has 0 N–H and O–H groups in total. The lowest BCUT2D eigenvalue weighted by molar-refractivity contribution is -0.143. The third-order valence-corrected chi connectivity index (χ3v) is 6.94. The Morgan fingerprint density at radius 2 is 1.61 bits per heavy atom. The standard InChI is InChI=1S/C27H27F9N6O2/c1-14(2)44-24(43)41-9-5-6-21(19-7-8-20(27(34,35)36)15(3)22(19)41)42(23-37-39-40(4)38-23)13-16-10-17(25(28,29)30)12-18(11-16)26(31,32)33/h7-8,10-12,14,21H,5-6,9,13H2,1-4H3. The van der Waals surface area contributed by atoms with Gasteiger partial charge in [0.05, 0.1) is 41.6 Å². The molecule has 0 saturated carbocycles. The molecule has 17 heteroatoms. The van der Waals surface area contributed by atoms with E-state index in [2.05, 4.69) is 15.4 Å². The van der Waals surface area contributed by atoms with E-state index in [4.69, 9.17) is 4.74 Å². The van der Waals surface area contributed by atoms with Crippen LogP contribution in [-0.2, 0) is 36.9 Å². The van der Waals surface area contributed by atoms with Gasteiger partial charge in [-0.3, -0.25) is 4.90 Å². The number of hydrogen-bond donors (Lipinski definition) is 0. The van der Waals surface area contributed by atoms with Crippen LogP contribution in [0.15, 0.2) is 30.3 Å². The number of tetrazole rings is 1. The first-order valence-electron chi connectivity index (χ1n) is 13.2. The van der Waals surface area contributed by atoms with E-state index < -0.39 is 65.6 Å². The van der Waals surface area contributed by atoms with Crippen molar-refractivity contribution in [1.29, 1.82) is 0 Å². The lowest BCUT2D eigenvalue weighted by Crippen LogP contribution is -2.35. The number of aryl methyl sites for hydroxylation is 1. The largest absolute Gasteiger partial charge is 0.446 e. The maximum atomic E-state index is 14.0. The maximum absolute atomic E-state index is 14.0. The van der Waals surface area contributed by atoms with Crippen molar-refractivity contribution in [2.24, 2.45) is 7.05 Å². The predicted octanol–water partition coefficient (Wildman–Crippen LogP) is 7.47. The Morgan fingerprint density at radius 1 is 1.00 bits per heavy atom. The molecule has 0 fully saturated rings. The van der Waals surface area contributed by atoms with E-state index in [0.29, 0.717) is 12.1 Å². The number of carbonyl (C=O) groups is 1. The van der Waals surface area contributed by atoms with Gasteiger partial charge in [-0.25, -0.2) is 4.79 Å². The highest BCUT2D eigenvalue weighted by molar-refractivity contribution is 5.91. The molecule has 1 atom stereocenters. The van der Waals surface area contributed by atoms with Crippen LogP contribution in [0.1, 0.15) is 66.1 Å². The minimum absolute atomic E-state index is 0.00436. The van der Waals surface area contributed by atoms with Gasteiger partial charge in [-0.05, 0) is 79.8 Å². The van der Waals surface area contributed by atoms with Gasteiger partial charge in [-0.1, -0.05) is 11.2 Å². The maximum Gasteiger partial charge on any atom is 0.416 e. The number of carbonyl (C=O) groups excluding carboxylic acids is 1. The monoisotopic (exact) mass is 638 g/mol. The molecule has 0 spiro atoms. The molecule has 44 heavy (non-hydrogen) atoms. The van der Waals surface area contributed by atoms with Gasteiger partial charge >= 0.3 is 24.6 Å². The average Bonchev–Trinajstić information content (AvgIpc) is 3.21. The lowest BCUT2D eigenvalue weighted by atomic mass is 9.94. The van der Waals surface area contributed by atoms with Crippen LogP contribution in [0.4, 0.5) is 55.9 Å². The first kappa shape index (κ1) is 32.9. The Labute approximate surface area is 245 Å². The van der Waals surface area contributed by atoms with E-state index in [-0.39, 0.29) is 48.2 Å². The summed E-state index contributed by atoms with van der Waals surface area (Å²) >= 11 is 0. The second kappa shape index (κ2) is 11.8. The van der Waals surface area contributed by atoms with Crippen molar-refractivity contribution in [1.82, 2.24) is 20.2 Å². The highest BCUT2D eigenvalue weighted by Gasteiger charge is 2.41. The van der Waals surface area contributed by atoms with Crippen molar-refractivity contribution in [2.75, 3.05) is 16.3 Å². The molecule has 1 amide bonds. The molecule has 0 bridgehead atoms. The fraction of sp³-hybridized carbons (Fsp3) is 0.481. The number of ether oxygens (including phenoxy) is 1. The topological polar surface area (TPSA) is 76.4 Å². The molecule has 0 radical (unpaired) electrons. The zero-order chi connectivity index (χ0) is 32.8. The number of aromatic nitrogens is 4. The smallest absolute Gasteiger partial charge is 0.416 e. The normalized spacial score (nSPS) is 16.1. The highest BCUT2D eigenvalue weighted by Crippen LogP contribution is 2.45. The van der Waals surface area contributed by atoms with Crippen molar-refractivity contribution in [3.8, 4) is 0 Å². The molecule has 0 saturated heterocycles. The highest BCUT2D eigenvalue weighted by atomic mass is 19.4. The fourth-order valence-electron chi connectivity index (χ4n) is 5.15. The van der Waals surface area contributed by atoms with Gasteiger partial charge in [-0.15, -0.1) is 5.10 Å². The molecule has 1 aromatic heterocycles. The lowest BCUT2D eigenvalue weighted by Gasteiger charge is -2.33. The van der Waals surface area contributed by atoms with Crippen LogP contribution in [0.2, 0.25) is 0 Å². The number of anilines is 2. The number of hydrogen-bond acceptors (Lipinski definition) is 6. The molecular formula is C27H27F9N6O2. The molecular weight excluding hydrogens is 611 g/mol. The van der Waals surface area contributed by atoms with Gasteiger partial charge in [0.1, 0.15) is 0 Å². The molecule has 2 heterocycles. The third-order valence-electron chi connectivity index (χ3n) is 6.94. The fourth-order valence-corrected chi connectivity index (χ4v) is 5.15. The summed E-state index contributed by atoms with van der Waals surface area (Å²) in [7, 11) is 1.38. The zero-order valence-electron chi connectivity index (χ0n) is 23.8. The molecule has 1 unspecified atom stereocenters. The molecule has 2 aromatic carbocycles. The van der Waals surface area contributed by atoms with E-state index in [1.807, 2.05) is 0 Å². The van der Waals surface area contributed by atoms with E-state index in [9.17, 15) is 44.3 Å². The van der Waals surface area contributed by atoms with Crippen LogP contribution >= 0.6 is 0 Å². The average molecular weight is 639 g/mol. The van der Waals surface area contributed by atoms with Gasteiger partial charge in [0.15, 0.2) is 0 Å². The molecule has 4 rings (SSSR count). The Kier molecular flexibility index (Phi) is 8.81. The van der Waals surface area contributed by atoms with Crippen molar-refractivity contribution >= 4 is 17.7 Å². The summed E-state index contributed by atoms with van der Waals surface area (Å²) in [4.78, 5) is 16.4. The molecule has 240 valence electrons. The number of halogens is 9. The zero-order valence-corrected chi connectivity index (χ0v) is 23.8. The summed E-state index contributed by atoms with van der Waals surface area (Å²) in [6, 6.07) is 2.05. The van der Waals surface area contributed by atoms with Crippen molar-refractivity contribution in [2.45, 2.75) is 70.8 Å². The number of amides is 1. The number of benzene rings is 2. The SMILES string of the molecule is Cc1c(C(F)(F)F)ccc2c1N(C(=O)OC(C)C)CCCC2N(Cc1cc(C(F)(F)F)cc(C(F)(F)F)c1)c1nnn(C)n1. The summed E-state index contributed by atoms with van der Waals surface area (Å²) in [6.07, 6.45) is -16.3. The van der Waals surface area contributed by atoms with Gasteiger partial charge in [0.25, 0.3) is 5.95 Å². The predicted molar refractivity (Wildman–Crippen MR) is 139 cm³/mol. The summed E-state index contributed by atoms with van der Waals surface area (Å²) in [5.41, 5.74) is -4.83. The Morgan fingerprint density at radius 3 is 2.11 bits per heavy atom. The van der Waals surface area contributed by atoms with E-state index >= 15 is 0 Å². The van der Waals surface area contributed by atoms with Crippen LogP contribution in [0.5, 0.6) is 0 Å². The van der Waals surface area contributed by atoms with Gasteiger partial charge in [0.2, 0.25) is 0 Å². The third kappa shape index (κ3) is 7.01. The number of fused-ring (bicyclic) bond motifs is 1. The van der Waals surface area contributed by atoms with Gasteiger partial charge in [-0.2, -0.15) is 44.3 Å². The molecule has 1 aliphatic rings. The summed E-state index contributed by atoms with van der Waals surface area (Å²) in [5.74, 6) is -0.204. The molecule has 1 aliphatic heterocycles.